The Bertz CT molecular complexity index is 398. The fourth-order valence-electron chi connectivity index (χ4n) is 3.11. The summed E-state index contributed by atoms with van der Waals surface area (Å²) in [4.78, 5) is 33.5. The first-order chi connectivity index (χ1) is 8.99. The molecule has 1 aliphatic carbocycles. The van der Waals surface area contributed by atoms with Crippen molar-refractivity contribution in [2.45, 2.75) is 37.8 Å². The van der Waals surface area contributed by atoms with Gasteiger partial charge in [-0.2, -0.15) is 0 Å². The Balaban J connectivity index is 1.95. The molecule has 0 aromatic rings. The molecular formula is C12H18N2O5. The second kappa shape index (κ2) is 5.56. The van der Waals surface area contributed by atoms with E-state index in [1.807, 2.05) is 0 Å². The van der Waals surface area contributed by atoms with Crippen molar-refractivity contribution in [3.63, 3.8) is 0 Å². The number of rotatable bonds is 5. The van der Waals surface area contributed by atoms with E-state index in [2.05, 4.69) is 10.6 Å². The largest absolute Gasteiger partial charge is 0.481 e. The van der Waals surface area contributed by atoms with Gasteiger partial charge in [0.05, 0.1) is 12.5 Å². The minimum atomic E-state index is -1.37. The molecule has 4 atom stereocenters. The molecule has 4 unspecified atom stereocenters. The number of carbonyl (C=O) groups excluding carboxylic acids is 1. The summed E-state index contributed by atoms with van der Waals surface area (Å²) >= 11 is 0. The molecule has 0 bridgehead atoms. The molecule has 2 aliphatic rings. The van der Waals surface area contributed by atoms with Gasteiger partial charge >= 0.3 is 11.9 Å². The Morgan fingerprint density at radius 3 is 2.63 bits per heavy atom. The normalized spacial score (nSPS) is 30.6. The van der Waals surface area contributed by atoms with Crippen LogP contribution in [-0.2, 0) is 14.4 Å². The van der Waals surface area contributed by atoms with Crippen molar-refractivity contribution in [3.05, 3.63) is 0 Å². The Labute approximate surface area is 110 Å². The minimum Gasteiger partial charge on any atom is -0.481 e. The number of nitrogens with one attached hydrogen (secondary N) is 2. The van der Waals surface area contributed by atoms with E-state index in [1.165, 1.54) is 0 Å². The molecule has 0 spiro atoms. The second-order valence-electron chi connectivity index (χ2n) is 5.24. The first-order valence-electron chi connectivity index (χ1n) is 6.47. The molecule has 7 heteroatoms. The van der Waals surface area contributed by atoms with E-state index < -0.39 is 30.3 Å². The first kappa shape index (κ1) is 13.8. The first-order valence-corrected chi connectivity index (χ1v) is 6.47. The summed E-state index contributed by atoms with van der Waals surface area (Å²) in [5, 5.41) is 23.0. The highest BCUT2D eigenvalue weighted by molar-refractivity contribution is 5.89. The summed E-state index contributed by atoms with van der Waals surface area (Å²) in [6.07, 6.45) is 2.55. The van der Waals surface area contributed by atoms with Crippen molar-refractivity contribution in [1.82, 2.24) is 10.6 Å². The predicted octanol–water partition coefficient (Wildman–Crippen LogP) is -0.581. The molecule has 1 heterocycles. The number of hydrogen-bond acceptors (Lipinski definition) is 4. The SMILES string of the molecule is O=C(O)CC(NC(=O)C1NCC2CCCC21)C(=O)O. The average molecular weight is 270 g/mol. The summed E-state index contributed by atoms with van der Waals surface area (Å²) < 4.78 is 0. The predicted molar refractivity (Wildman–Crippen MR) is 64.4 cm³/mol. The molecule has 4 N–H and O–H groups in total. The van der Waals surface area contributed by atoms with Crippen LogP contribution in [0.15, 0.2) is 0 Å². The quantitative estimate of drug-likeness (QED) is 0.531. The van der Waals surface area contributed by atoms with Crippen molar-refractivity contribution in [2.24, 2.45) is 11.8 Å². The van der Waals surface area contributed by atoms with Gasteiger partial charge in [-0.3, -0.25) is 9.59 Å². The van der Waals surface area contributed by atoms with E-state index in [0.717, 1.165) is 25.8 Å². The summed E-state index contributed by atoms with van der Waals surface area (Å²) in [5.74, 6) is -2.23. The zero-order valence-corrected chi connectivity index (χ0v) is 10.5. The number of amides is 1. The maximum Gasteiger partial charge on any atom is 0.326 e. The van der Waals surface area contributed by atoms with E-state index in [-0.39, 0.29) is 12.0 Å². The van der Waals surface area contributed by atoms with Crippen LogP contribution in [-0.4, -0.2) is 46.7 Å². The van der Waals surface area contributed by atoms with Gasteiger partial charge in [0.2, 0.25) is 5.91 Å². The number of hydrogen-bond donors (Lipinski definition) is 4. The van der Waals surface area contributed by atoms with Crippen LogP contribution in [0.3, 0.4) is 0 Å². The van der Waals surface area contributed by atoms with Gasteiger partial charge in [-0.1, -0.05) is 6.42 Å². The van der Waals surface area contributed by atoms with Crippen LogP contribution in [0.1, 0.15) is 25.7 Å². The molecule has 0 aromatic heterocycles. The molecule has 0 aromatic carbocycles. The molecule has 1 saturated carbocycles. The molecule has 2 fully saturated rings. The van der Waals surface area contributed by atoms with Gasteiger partial charge in [0.1, 0.15) is 6.04 Å². The molecule has 1 saturated heterocycles. The van der Waals surface area contributed by atoms with Gasteiger partial charge in [-0.05, 0) is 31.2 Å². The van der Waals surface area contributed by atoms with Gasteiger partial charge in [0.15, 0.2) is 0 Å². The third kappa shape index (κ3) is 3.04. The summed E-state index contributed by atoms with van der Waals surface area (Å²) in [5.41, 5.74) is 0. The monoisotopic (exact) mass is 270 g/mol. The number of carboxylic acid groups (broad SMARTS) is 2. The van der Waals surface area contributed by atoms with Crippen LogP contribution in [0.25, 0.3) is 0 Å². The molecule has 1 amide bonds. The lowest BCUT2D eigenvalue weighted by Crippen LogP contribution is -2.50. The molecular weight excluding hydrogens is 252 g/mol. The lowest BCUT2D eigenvalue weighted by atomic mass is 9.93. The van der Waals surface area contributed by atoms with Crippen LogP contribution < -0.4 is 10.6 Å². The van der Waals surface area contributed by atoms with Crippen LogP contribution >= 0.6 is 0 Å². The van der Waals surface area contributed by atoms with E-state index >= 15 is 0 Å². The summed E-state index contributed by atoms with van der Waals surface area (Å²) in [6.45, 7) is 0.777. The lowest BCUT2D eigenvalue weighted by molar-refractivity contribution is -0.147. The Morgan fingerprint density at radius 2 is 2.00 bits per heavy atom. The highest BCUT2D eigenvalue weighted by Crippen LogP contribution is 2.37. The minimum absolute atomic E-state index is 0.249. The smallest absolute Gasteiger partial charge is 0.326 e. The van der Waals surface area contributed by atoms with Gasteiger partial charge in [0, 0.05) is 0 Å². The maximum atomic E-state index is 12.1. The highest BCUT2D eigenvalue weighted by Gasteiger charge is 2.43. The Morgan fingerprint density at radius 1 is 1.26 bits per heavy atom. The van der Waals surface area contributed by atoms with Gasteiger partial charge in [0.25, 0.3) is 0 Å². The standard InChI is InChI=1S/C12H18N2O5/c15-9(16)4-8(12(18)19)14-11(17)10-7-3-1-2-6(7)5-13-10/h6-8,10,13H,1-5H2,(H,14,17)(H,15,16)(H,18,19). The third-order valence-electron chi connectivity index (χ3n) is 4.02. The topological polar surface area (TPSA) is 116 Å². The Hall–Kier alpha value is -1.63. The fraction of sp³-hybridized carbons (Fsp3) is 0.750. The summed E-state index contributed by atoms with van der Waals surface area (Å²) in [6, 6.07) is -1.75. The zero-order chi connectivity index (χ0) is 14.0. The molecule has 7 nitrogen and oxygen atoms in total. The van der Waals surface area contributed by atoms with Crippen molar-refractivity contribution < 1.29 is 24.6 Å². The zero-order valence-electron chi connectivity index (χ0n) is 10.5. The number of carbonyl (C=O) groups is 3. The average Bonchev–Trinajstić information content (AvgIpc) is 2.88. The van der Waals surface area contributed by atoms with Crippen LogP contribution in [0.4, 0.5) is 0 Å². The van der Waals surface area contributed by atoms with Crippen molar-refractivity contribution in [1.29, 1.82) is 0 Å². The van der Waals surface area contributed by atoms with Gasteiger partial charge < -0.3 is 20.8 Å². The van der Waals surface area contributed by atoms with Crippen molar-refractivity contribution >= 4 is 17.8 Å². The van der Waals surface area contributed by atoms with Crippen LogP contribution in [0.5, 0.6) is 0 Å². The molecule has 1 aliphatic heterocycles. The van der Waals surface area contributed by atoms with E-state index in [1.54, 1.807) is 0 Å². The molecule has 2 rings (SSSR count). The highest BCUT2D eigenvalue weighted by atomic mass is 16.4. The van der Waals surface area contributed by atoms with E-state index in [4.69, 9.17) is 10.2 Å². The van der Waals surface area contributed by atoms with Crippen LogP contribution in [0, 0.1) is 11.8 Å². The fourth-order valence-corrected chi connectivity index (χ4v) is 3.11. The Kier molecular flexibility index (Phi) is 4.04. The molecule has 19 heavy (non-hydrogen) atoms. The second-order valence-corrected chi connectivity index (χ2v) is 5.24. The van der Waals surface area contributed by atoms with Crippen molar-refractivity contribution in [2.75, 3.05) is 6.54 Å². The third-order valence-corrected chi connectivity index (χ3v) is 4.02. The number of carboxylic acids is 2. The van der Waals surface area contributed by atoms with Gasteiger partial charge in [-0.15, -0.1) is 0 Å². The number of fused-ring (bicyclic) bond motifs is 1. The van der Waals surface area contributed by atoms with Crippen LogP contribution in [0.2, 0.25) is 0 Å². The maximum absolute atomic E-state index is 12.1. The van der Waals surface area contributed by atoms with E-state index in [9.17, 15) is 14.4 Å². The number of aliphatic carboxylic acids is 2. The van der Waals surface area contributed by atoms with E-state index in [0.29, 0.717) is 5.92 Å². The summed E-state index contributed by atoms with van der Waals surface area (Å²) in [7, 11) is 0. The molecule has 106 valence electrons. The van der Waals surface area contributed by atoms with Crippen molar-refractivity contribution in [3.8, 4) is 0 Å². The van der Waals surface area contributed by atoms with Gasteiger partial charge in [-0.25, -0.2) is 4.79 Å². The molecule has 0 radical (unpaired) electrons. The lowest BCUT2D eigenvalue weighted by Gasteiger charge is -2.20.